The summed E-state index contributed by atoms with van der Waals surface area (Å²) in [7, 11) is 0. The van der Waals surface area contributed by atoms with E-state index < -0.39 is 10.8 Å². The Bertz CT molecular complexity index is 1100. The third-order valence-corrected chi connectivity index (χ3v) is 5.10. The molecular formula is C18H14ClN3O3S. The van der Waals surface area contributed by atoms with Crippen molar-refractivity contribution in [3.05, 3.63) is 74.0 Å². The number of thiazole rings is 1. The summed E-state index contributed by atoms with van der Waals surface area (Å²) in [4.78, 5) is 27.3. The number of amides is 1. The van der Waals surface area contributed by atoms with Gasteiger partial charge in [-0.15, -0.1) is 0 Å². The van der Waals surface area contributed by atoms with Crippen LogP contribution in [0.15, 0.2) is 53.5 Å². The van der Waals surface area contributed by atoms with E-state index in [2.05, 4.69) is 4.99 Å². The summed E-state index contributed by atoms with van der Waals surface area (Å²) in [5.41, 5.74) is 1.55. The zero-order chi connectivity index (χ0) is 18.7. The van der Waals surface area contributed by atoms with Gasteiger partial charge in [0.1, 0.15) is 0 Å². The molecule has 6 nitrogen and oxygen atoms in total. The Hall–Kier alpha value is -2.77. The first-order chi connectivity index (χ1) is 12.5. The van der Waals surface area contributed by atoms with E-state index in [0.717, 1.165) is 11.1 Å². The zero-order valence-electron chi connectivity index (χ0n) is 13.8. The second kappa shape index (κ2) is 7.63. The number of halogens is 1. The minimum absolute atomic E-state index is 0.0125. The highest BCUT2D eigenvalue weighted by Crippen LogP contribution is 2.23. The van der Waals surface area contributed by atoms with Crippen LogP contribution in [0.5, 0.6) is 0 Å². The van der Waals surface area contributed by atoms with Crippen LogP contribution in [0.1, 0.15) is 12.5 Å². The third kappa shape index (κ3) is 3.74. The summed E-state index contributed by atoms with van der Waals surface area (Å²) >= 11 is 7.30. The molecule has 0 atom stereocenters. The lowest BCUT2D eigenvalue weighted by molar-refractivity contribution is -0.384. The largest absolute Gasteiger partial charge is 0.317 e. The number of aryl methyl sites for hydroxylation is 1. The van der Waals surface area contributed by atoms with Crippen LogP contribution in [0.4, 0.5) is 5.69 Å². The van der Waals surface area contributed by atoms with Crippen molar-refractivity contribution in [3.63, 3.8) is 0 Å². The van der Waals surface area contributed by atoms with Gasteiger partial charge >= 0.3 is 0 Å². The molecule has 0 N–H and O–H groups in total. The van der Waals surface area contributed by atoms with Gasteiger partial charge in [0, 0.05) is 29.8 Å². The van der Waals surface area contributed by atoms with E-state index in [-0.39, 0.29) is 5.69 Å². The van der Waals surface area contributed by atoms with Crippen LogP contribution in [0, 0.1) is 10.1 Å². The topological polar surface area (TPSA) is 77.5 Å². The summed E-state index contributed by atoms with van der Waals surface area (Å²) in [6, 6.07) is 11.8. The maximum Gasteiger partial charge on any atom is 0.272 e. The average molecular weight is 388 g/mol. The molecule has 1 aromatic heterocycles. The van der Waals surface area contributed by atoms with Crippen LogP contribution in [0.3, 0.4) is 0 Å². The lowest BCUT2D eigenvalue weighted by Crippen LogP contribution is -2.15. The number of hydrogen-bond acceptors (Lipinski definition) is 4. The lowest BCUT2D eigenvalue weighted by atomic mass is 10.2. The van der Waals surface area contributed by atoms with Crippen molar-refractivity contribution < 1.29 is 9.72 Å². The van der Waals surface area contributed by atoms with Crippen LogP contribution in [0.2, 0.25) is 5.02 Å². The first-order valence-electron chi connectivity index (χ1n) is 7.78. The van der Waals surface area contributed by atoms with Gasteiger partial charge in [0.05, 0.1) is 15.1 Å². The molecule has 0 bridgehead atoms. The van der Waals surface area contributed by atoms with Crippen molar-refractivity contribution in [3.8, 4) is 0 Å². The second-order valence-electron chi connectivity index (χ2n) is 5.34. The maximum absolute atomic E-state index is 12.2. The summed E-state index contributed by atoms with van der Waals surface area (Å²) in [6.45, 7) is 2.52. The number of non-ortho nitro benzene ring substituents is 1. The number of benzene rings is 2. The van der Waals surface area contributed by atoms with Gasteiger partial charge in [-0.2, -0.15) is 4.99 Å². The molecule has 0 saturated carbocycles. The highest BCUT2D eigenvalue weighted by molar-refractivity contribution is 7.16. The van der Waals surface area contributed by atoms with Gasteiger partial charge in [0.2, 0.25) is 0 Å². The Balaban J connectivity index is 1.99. The molecule has 0 spiro atoms. The second-order valence-corrected chi connectivity index (χ2v) is 6.76. The highest BCUT2D eigenvalue weighted by atomic mass is 35.5. The van der Waals surface area contributed by atoms with Crippen molar-refractivity contribution in [1.82, 2.24) is 4.57 Å². The first-order valence-corrected chi connectivity index (χ1v) is 8.98. The summed E-state index contributed by atoms with van der Waals surface area (Å²) in [5, 5.41) is 11.5. The number of fused-ring (bicyclic) bond motifs is 1. The van der Waals surface area contributed by atoms with Crippen LogP contribution in [-0.4, -0.2) is 15.4 Å². The molecule has 3 aromatic rings. The molecule has 132 valence electrons. The van der Waals surface area contributed by atoms with Gasteiger partial charge < -0.3 is 4.57 Å². The van der Waals surface area contributed by atoms with E-state index in [9.17, 15) is 14.9 Å². The molecule has 0 saturated heterocycles. The fraction of sp³-hybridized carbons (Fsp3) is 0.111. The van der Waals surface area contributed by atoms with Gasteiger partial charge in [-0.05, 0) is 30.7 Å². The Kier molecular flexibility index (Phi) is 5.29. The number of nitrogens with zero attached hydrogens (tertiary/aromatic N) is 3. The molecule has 26 heavy (non-hydrogen) atoms. The Morgan fingerprint density at radius 3 is 2.81 bits per heavy atom. The van der Waals surface area contributed by atoms with Gasteiger partial charge in [-0.3, -0.25) is 14.9 Å². The fourth-order valence-corrected chi connectivity index (χ4v) is 3.80. The van der Waals surface area contributed by atoms with Crippen molar-refractivity contribution in [1.29, 1.82) is 0 Å². The zero-order valence-corrected chi connectivity index (χ0v) is 15.3. The van der Waals surface area contributed by atoms with Crippen molar-refractivity contribution in [2.75, 3.05) is 0 Å². The average Bonchev–Trinajstić information content (AvgIpc) is 2.96. The van der Waals surface area contributed by atoms with Gasteiger partial charge in [-0.25, -0.2) is 0 Å². The number of carbonyl (C=O) groups is 1. The smallest absolute Gasteiger partial charge is 0.272 e. The minimum atomic E-state index is -0.441. The maximum atomic E-state index is 12.2. The van der Waals surface area contributed by atoms with E-state index >= 15 is 0 Å². The molecular weight excluding hydrogens is 374 g/mol. The summed E-state index contributed by atoms with van der Waals surface area (Å²) in [6.07, 6.45) is 2.97. The number of nitro benzene ring substituents is 1. The van der Waals surface area contributed by atoms with Crippen LogP contribution in [0.25, 0.3) is 16.3 Å². The molecule has 0 aliphatic carbocycles. The summed E-state index contributed by atoms with van der Waals surface area (Å²) < 4.78 is 2.56. The van der Waals surface area contributed by atoms with E-state index in [0.29, 0.717) is 21.1 Å². The van der Waals surface area contributed by atoms with Gasteiger partial charge in [-0.1, -0.05) is 41.1 Å². The summed E-state index contributed by atoms with van der Waals surface area (Å²) in [5.74, 6) is -0.423. The first kappa shape index (κ1) is 18.0. The Morgan fingerprint density at radius 2 is 2.12 bits per heavy atom. The predicted molar refractivity (Wildman–Crippen MR) is 103 cm³/mol. The Morgan fingerprint density at radius 1 is 1.35 bits per heavy atom. The van der Waals surface area contributed by atoms with Crippen LogP contribution < -0.4 is 4.80 Å². The number of carbonyl (C=O) groups excluding carboxylic acids is 1. The molecule has 8 heteroatoms. The molecule has 1 heterocycles. The molecule has 3 rings (SSSR count). The van der Waals surface area contributed by atoms with Crippen molar-refractivity contribution in [2.24, 2.45) is 4.99 Å². The van der Waals surface area contributed by atoms with Crippen molar-refractivity contribution >= 4 is 50.8 Å². The molecule has 0 radical (unpaired) electrons. The number of rotatable bonds is 4. The molecule has 0 aliphatic heterocycles. The minimum Gasteiger partial charge on any atom is -0.317 e. The number of hydrogen-bond donors (Lipinski definition) is 0. The molecule has 1 amide bonds. The number of aromatic nitrogens is 1. The predicted octanol–water partition coefficient (Wildman–Crippen LogP) is 4.43. The molecule has 2 aromatic carbocycles. The van der Waals surface area contributed by atoms with Crippen molar-refractivity contribution in [2.45, 2.75) is 13.5 Å². The highest BCUT2D eigenvalue weighted by Gasteiger charge is 2.11. The van der Waals surface area contributed by atoms with Gasteiger partial charge in [0.15, 0.2) is 4.80 Å². The third-order valence-electron chi connectivity index (χ3n) is 3.71. The van der Waals surface area contributed by atoms with E-state index in [4.69, 9.17) is 11.6 Å². The lowest BCUT2D eigenvalue weighted by Gasteiger charge is -1.99. The van der Waals surface area contributed by atoms with Crippen LogP contribution >= 0.6 is 22.9 Å². The standard InChI is InChI=1S/C18H14ClN3O3S/c1-2-21-15-9-8-13(22(24)25)11-16(15)26-18(21)20-17(23)10-7-12-5-3-4-6-14(12)19/h3-11H,2H2,1H3. The normalized spacial score (nSPS) is 12.2. The van der Waals surface area contributed by atoms with Gasteiger partial charge in [0.25, 0.3) is 11.6 Å². The quantitative estimate of drug-likeness (QED) is 0.377. The molecule has 0 unspecified atom stereocenters. The Labute approximate surface area is 157 Å². The molecule has 0 aliphatic rings. The van der Waals surface area contributed by atoms with E-state index in [1.54, 1.807) is 24.3 Å². The molecule has 0 fully saturated rings. The fourth-order valence-electron chi connectivity index (χ4n) is 2.47. The number of nitro groups is 1. The van der Waals surface area contributed by atoms with Crippen LogP contribution in [-0.2, 0) is 11.3 Å². The van der Waals surface area contributed by atoms with E-state index in [1.807, 2.05) is 23.6 Å². The monoisotopic (exact) mass is 387 g/mol. The SMILES string of the molecule is CCn1c(=NC(=O)C=Cc2ccccc2Cl)sc2cc([N+](=O)[O-])ccc21. The van der Waals surface area contributed by atoms with E-state index in [1.165, 1.54) is 29.5 Å².